The number of hydrogen-bond donors (Lipinski definition) is 1. The third kappa shape index (κ3) is 1.94. The molecule has 0 radical (unpaired) electrons. The minimum Gasteiger partial charge on any atom is -0.324 e. The first-order valence-electron chi connectivity index (χ1n) is 6.84. The minimum absolute atomic E-state index is 0.0103. The molecule has 2 heterocycles. The van der Waals surface area contributed by atoms with E-state index in [0.717, 1.165) is 24.2 Å². The van der Waals surface area contributed by atoms with E-state index in [-0.39, 0.29) is 6.29 Å². The van der Waals surface area contributed by atoms with Crippen molar-refractivity contribution in [2.75, 3.05) is 11.9 Å². The summed E-state index contributed by atoms with van der Waals surface area (Å²) in [7, 11) is 2.05. The molecule has 0 bridgehead atoms. The maximum atomic E-state index is 4.61. The van der Waals surface area contributed by atoms with Gasteiger partial charge in [0.25, 0.3) is 0 Å². The van der Waals surface area contributed by atoms with Gasteiger partial charge in [-0.05, 0) is 35.5 Å². The minimum atomic E-state index is -0.0103. The average Bonchev–Trinajstić information content (AvgIpc) is 3.08. The zero-order valence-corrected chi connectivity index (χ0v) is 12.1. The van der Waals surface area contributed by atoms with Crippen LogP contribution >= 0.6 is 11.5 Å². The molecular weight excluding hydrogens is 268 g/mol. The third-order valence-electron chi connectivity index (χ3n) is 4.07. The molecule has 0 saturated heterocycles. The number of nitrogens with zero attached hydrogens (tertiary/aromatic N) is 3. The van der Waals surface area contributed by atoms with Crippen molar-refractivity contribution in [1.82, 2.24) is 9.69 Å². The number of nitrogens with one attached hydrogen (secondary N) is 1. The highest BCUT2D eigenvalue weighted by atomic mass is 32.1. The second kappa shape index (κ2) is 4.68. The van der Waals surface area contributed by atoms with Crippen LogP contribution in [0.15, 0.2) is 34.6 Å². The van der Waals surface area contributed by atoms with Crippen LogP contribution in [0.2, 0.25) is 0 Å². The van der Waals surface area contributed by atoms with E-state index in [2.05, 4.69) is 50.9 Å². The predicted octanol–water partition coefficient (Wildman–Crippen LogP) is 2.05. The van der Waals surface area contributed by atoms with Crippen molar-refractivity contribution in [3.63, 3.8) is 0 Å². The summed E-state index contributed by atoms with van der Waals surface area (Å²) in [5.41, 5.74) is 4.04. The SMILES string of the molecule is CN1c2nscc2C=NC1NC1Cc2ccccc2C1. The number of hydrogen-bond acceptors (Lipinski definition) is 5. The van der Waals surface area contributed by atoms with Crippen molar-refractivity contribution >= 4 is 23.6 Å². The second-order valence-electron chi connectivity index (χ2n) is 5.40. The van der Waals surface area contributed by atoms with Gasteiger partial charge in [-0.1, -0.05) is 24.3 Å². The van der Waals surface area contributed by atoms with Gasteiger partial charge in [0.15, 0.2) is 12.1 Å². The maximum Gasteiger partial charge on any atom is 0.177 e. The zero-order chi connectivity index (χ0) is 13.5. The average molecular weight is 284 g/mol. The Morgan fingerprint density at radius 1 is 1.25 bits per heavy atom. The van der Waals surface area contributed by atoms with Crippen LogP contribution in [0.25, 0.3) is 0 Å². The van der Waals surface area contributed by atoms with Crippen LogP contribution < -0.4 is 10.2 Å². The Morgan fingerprint density at radius 2 is 2.00 bits per heavy atom. The van der Waals surface area contributed by atoms with Crippen LogP contribution in [0, 0.1) is 0 Å². The van der Waals surface area contributed by atoms with E-state index in [4.69, 9.17) is 0 Å². The molecule has 1 N–H and O–H groups in total. The van der Waals surface area contributed by atoms with Gasteiger partial charge in [-0.2, -0.15) is 4.37 Å². The molecule has 1 aliphatic heterocycles. The molecule has 1 atom stereocenters. The monoisotopic (exact) mass is 284 g/mol. The molecule has 4 nitrogen and oxygen atoms in total. The molecule has 20 heavy (non-hydrogen) atoms. The number of anilines is 1. The van der Waals surface area contributed by atoms with E-state index in [1.54, 1.807) is 0 Å². The van der Waals surface area contributed by atoms with Gasteiger partial charge in [0.1, 0.15) is 0 Å². The molecular formula is C15H16N4S. The van der Waals surface area contributed by atoms with Crippen molar-refractivity contribution in [3.8, 4) is 0 Å². The molecule has 1 unspecified atom stereocenters. The molecule has 4 rings (SSSR count). The van der Waals surface area contributed by atoms with Gasteiger partial charge < -0.3 is 4.90 Å². The van der Waals surface area contributed by atoms with E-state index in [0.29, 0.717) is 6.04 Å². The Hall–Kier alpha value is -1.72. The Morgan fingerprint density at radius 3 is 2.75 bits per heavy atom. The normalized spacial score (nSPS) is 21.1. The van der Waals surface area contributed by atoms with Crippen LogP contribution in [-0.4, -0.2) is 30.0 Å². The summed E-state index contributed by atoms with van der Waals surface area (Å²) in [5.74, 6) is 1.03. The molecule has 1 aliphatic carbocycles. The van der Waals surface area contributed by atoms with E-state index < -0.39 is 0 Å². The Labute approximate surface area is 122 Å². The quantitative estimate of drug-likeness (QED) is 0.917. The highest BCUT2D eigenvalue weighted by molar-refractivity contribution is 7.04. The number of rotatable bonds is 2. The summed E-state index contributed by atoms with van der Waals surface area (Å²) < 4.78 is 4.44. The summed E-state index contributed by atoms with van der Waals surface area (Å²) >= 11 is 1.48. The fraction of sp³-hybridized carbons (Fsp3) is 0.333. The lowest BCUT2D eigenvalue weighted by atomic mass is 10.1. The Balaban J connectivity index is 1.49. The summed E-state index contributed by atoms with van der Waals surface area (Å²) in [6, 6.07) is 9.14. The van der Waals surface area contributed by atoms with Gasteiger partial charge in [-0.3, -0.25) is 10.3 Å². The number of fused-ring (bicyclic) bond motifs is 2. The third-order valence-corrected chi connectivity index (χ3v) is 4.71. The molecule has 0 fully saturated rings. The van der Waals surface area contributed by atoms with Gasteiger partial charge >= 0.3 is 0 Å². The summed E-state index contributed by atoms with van der Waals surface area (Å²) in [4.78, 5) is 6.73. The van der Waals surface area contributed by atoms with Crippen molar-refractivity contribution in [2.24, 2.45) is 4.99 Å². The molecule has 0 saturated carbocycles. The van der Waals surface area contributed by atoms with Gasteiger partial charge in [0, 0.05) is 30.2 Å². The fourth-order valence-corrected chi connectivity index (χ4v) is 3.67. The molecule has 2 aromatic rings. The second-order valence-corrected chi connectivity index (χ2v) is 6.03. The predicted molar refractivity (Wildman–Crippen MR) is 82.7 cm³/mol. The molecule has 1 aromatic heterocycles. The standard InChI is InChI=1S/C15H16N4S/c1-19-14-12(9-20-18-14)8-16-15(19)17-13-6-10-4-2-3-5-11(10)7-13/h2-5,8-9,13,15,17H,6-7H2,1H3. The highest BCUT2D eigenvalue weighted by Crippen LogP contribution is 2.26. The first-order valence-corrected chi connectivity index (χ1v) is 7.68. The molecule has 5 heteroatoms. The maximum absolute atomic E-state index is 4.61. The first kappa shape index (κ1) is 12.1. The largest absolute Gasteiger partial charge is 0.324 e. The van der Waals surface area contributed by atoms with Gasteiger partial charge in [-0.15, -0.1) is 0 Å². The van der Waals surface area contributed by atoms with Gasteiger partial charge in [0.05, 0.1) is 0 Å². The van der Waals surface area contributed by atoms with Gasteiger partial charge in [-0.25, -0.2) is 0 Å². The first-order chi connectivity index (χ1) is 9.81. The summed E-state index contributed by atoms with van der Waals surface area (Å²) in [6.07, 6.45) is 4.09. The van der Waals surface area contributed by atoms with Crippen LogP contribution in [0.3, 0.4) is 0 Å². The number of aromatic nitrogens is 1. The summed E-state index contributed by atoms with van der Waals surface area (Å²) in [6.45, 7) is 0. The van der Waals surface area contributed by atoms with Crippen molar-refractivity contribution < 1.29 is 0 Å². The zero-order valence-electron chi connectivity index (χ0n) is 11.3. The number of benzene rings is 1. The molecule has 0 amide bonds. The highest BCUT2D eigenvalue weighted by Gasteiger charge is 2.27. The topological polar surface area (TPSA) is 40.5 Å². The van der Waals surface area contributed by atoms with E-state index in [1.807, 2.05) is 11.6 Å². The molecule has 0 spiro atoms. The molecule has 102 valence electrons. The van der Waals surface area contributed by atoms with Crippen LogP contribution in [0.4, 0.5) is 5.82 Å². The Bertz CT molecular complexity index is 638. The van der Waals surface area contributed by atoms with Crippen LogP contribution in [0.5, 0.6) is 0 Å². The number of aliphatic imine (C=N–C) groups is 1. The lowest BCUT2D eigenvalue weighted by molar-refractivity contribution is 0.437. The van der Waals surface area contributed by atoms with Crippen molar-refractivity contribution in [3.05, 3.63) is 46.3 Å². The van der Waals surface area contributed by atoms with Crippen LogP contribution in [-0.2, 0) is 12.8 Å². The lowest BCUT2D eigenvalue weighted by Gasteiger charge is -2.31. The summed E-state index contributed by atoms with van der Waals surface area (Å²) in [5, 5.41) is 5.68. The molecule has 2 aliphatic rings. The Kier molecular flexibility index (Phi) is 2.82. The van der Waals surface area contributed by atoms with Crippen molar-refractivity contribution in [2.45, 2.75) is 25.2 Å². The fourth-order valence-electron chi connectivity index (χ4n) is 3.00. The van der Waals surface area contributed by atoms with Gasteiger partial charge in [0.2, 0.25) is 0 Å². The van der Waals surface area contributed by atoms with E-state index >= 15 is 0 Å². The molecule has 1 aromatic carbocycles. The lowest BCUT2D eigenvalue weighted by Crippen LogP contribution is -2.49. The van der Waals surface area contributed by atoms with Crippen LogP contribution in [0.1, 0.15) is 16.7 Å². The van der Waals surface area contributed by atoms with E-state index in [9.17, 15) is 0 Å². The van der Waals surface area contributed by atoms with E-state index in [1.165, 1.54) is 22.7 Å². The van der Waals surface area contributed by atoms with Crippen molar-refractivity contribution in [1.29, 1.82) is 0 Å². The smallest absolute Gasteiger partial charge is 0.177 e.